The van der Waals surface area contributed by atoms with Crippen molar-refractivity contribution in [2.45, 2.75) is 58.3 Å². The number of benzene rings is 1. The third kappa shape index (κ3) is 3.63. The maximum atomic E-state index is 11.5. The molecule has 1 N–H and O–H groups in total. The molecule has 23 heavy (non-hydrogen) atoms. The van der Waals surface area contributed by atoms with Gasteiger partial charge in [-0.25, -0.2) is 4.98 Å². The molecule has 0 saturated heterocycles. The summed E-state index contributed by atoms with van der Waals surface area (Å²) in [4.78, 5) is 17.7. The normalized spacial score (nSPS) is 15.0. The van der Waals surface area contributed by atoms with E-state index in [4.69, 9.17) is 4.98 Å². The van der Waals surface area contributed by atoms with Gasteiger partial charge in [0, 0.05) is 18.0 Å². The molecule has 1 fully saturated rings. The van der Waals surface area contributed by atoms with E-state index >= 15 is 0 Å². The minimum Gasteiger partial charge on any atom is -0.326 e. The number of aryl methyl sites for hydroxylation is 1. The molecule has 1 aromatic heterocycles. The Morgan fingerprint density at radius 2 is 1.91 bits per heavy atom. The molecule has 2 aromatic rings. The zero-order valence-electron chi connectivity index (χ0n) is 13.9. The van der Waals surface area contributed by atoms with Gasteiger partial charge in [-0.15, -0.1) is 11.3 Å². The molecule has 1 aliphatic carbocycles. The fraction of sp³-hybridized carbons (Fsp3) is 0.474. The smallest absolute Gasteiger partial charge is 0.224 e. The molecule has 1 aromatic carbocycles. The summed E-state index contributed by atoms with van der Waals surface area (Å²) >= 11 is 1.83. The van der Waals surface area contributed by atoms with Crippen LogP contribution in [0.4, 0.5) is 5.69 Å². The van der Waals surface area contributed by atoms with Gasteiger partial charge in [-0.05, 0) is 37.0 Å². The number of nitrogens with zero attached hydrogens (tertiary/aromatic N) is 1. The minimum absolute atomic E-state index is 0.0513. The van der Waals surface area contributed by atoms with Gasteiger partial charge in [-0.3, -0.25) is 4.79 Å². The van der Waals surface area contributed by atoms with Gasteiger partial charge in [0.25, 0.3) is 0 Å². The number of nitrogens with one attached hydrogen (secondary N) is 1. The van der Waals surface area contributed by atoms with Gasteiger partial charge in [0.15, 0.2) is 0 Å². The van der Waals surface area contributed by atoms with Crippen LogP contribution in [0.5, 0.6) is 0 Å². The summed E-state index contributed by atoms with van der Waals surface area (Å²) in [5.74, 6) is 0.677. The molecule has 1 aliphatic rings. The molecule has 0 aliphatic heterocycles. The zero-order valence-corrected chi connectivity index (χ0v) is 14.7. The van der Waals surface area contributed by atoms with Crippen LogP contribution < -0.4 is 5.32 Å². The highest BCUT2D eigenvalue weighted by atomic mass is 32.1. The number of anilines is 1. The Hall–Kier alpha value is -1.68. The average molecular weight is 328 g/mol. The molecule has 3 rings (SSSR count). The van der Waals surface area contributed by atoms with Crippen molar-refractivity contribution in [2.75, 3.05) is 5.32 Å². The second kappa shape index (κ2) is 7.26. The second-order valence-electron chi connectivity index (χ2n) is 6.14. The molecular weight excluding hydrogens is 304 g/mol. The Kier molecular flexibility index (Phi) is 5.11. The molecule has 0 radical (unpaired) electrons. The van der Waals surface area contributed by atoms with Crippen LogP contribution in [0.3, 0.4) is 0 Å². The monoisotopic (exact) mass is 328 g/mol. The predicted molar refractivity (Wildman–Crippen MR) is 97.1 cm³/mol. The third-order valence-corrected chi connectivity index (χ3v) is 5.76. The summed E-state index contributed by atoms with van der Waals surface area (Å²) in [6, 6.07) is 8.20. The number of thiazole rings is 1. The Morgan fingerprint density at radius 3 is 2.52 bits per heavy atom. The molecule has 0 spiro atoms. The van der Waals surface area contributed by atoms with Crippen molar-refractivity contribution >= 4 is 22.9 Å². The lowest BCUT2D eigenvalue weighted by molar-refractivity contribution is -0.115. The summed E-state index contributed by atoms with van der Waals surface area (Å²) in [5.41, 5.74) is 3.39. The first kappa shape index (κ1) is 16.2. The maximum absolute atomic E-state index is 11.5. The summed E-state index contributed by atoms with van der Waals surface area (Å²) in [7, 11) is 0. The Bertz CT molecular complexity index is 669. The topological polar surface area (TPSA) is 42.0 Å². The SMILES string of the molecule is CCC(=O)Nc1ccc(-c2sc(CC)nc2C2CCCC2)cc1. The van der Waals surface area contributed by atoms with Crippen LogP contribution in [0.2, 0.25) is 0 Å². The van der Waals surface area contributed by atoms with Crippen LogP contribution in [0.25, 0.3) is 10.4 Å². The zero-order chi connectivity index (χ0) is 16.2. The first-order chi connectivity index (χ1) is 11.2. The molecule has 1 saturated carbocycles. The van der Waals surface area contributed by atoms with E-state index in [-0.39, 0.29) is 5.91 Å². The summed E-state index contributed by atoms with van der Waals surface area (Å²) in [5, 5.41) is 4.13. The fourth-order valence-electron chi connectivity index (χ4n) is 3.17. The lowest BCUT2D eigenvalue weighted by Crippen LogP contribution is -2.09. The number of amides is 1. The third-order valence-electron chi connectivity index (χ3n) is 4.49. The Balaban J connectivity index is 1.88. The largest absolute Gasteiger partial charge is 0.326 e. The molecule has 1 amide bonds. The van der Waals surface area contributed by atoms with E-state index in [0.29, 0.717) is 12.3 Å². The van der Waals surface area contributed by atoms with Gasteiger partial charge in [0.05, 0.1) is 15.6 Å². The van der Waals surface area contributed by atoms with E-state index < -0.39 is 0 Å². The molecule has 3 nitrogen and oxygen atoms in total. The minimum atomic E-state index is 0.0513. The number of hydrogen-bond acceptors (Lipinski definition) is 3. The van der Waals surface area contributed by atoms with E-state index in [1.54, 1.807) is 0 Å². The molecule has 122 valence electrons. The highest BCUT2D eigenvalue weighted by Crippen LogP contribution is 2.41. The molecule has 0 bridgehead atoms. The summed E-state index contributed by atoms with van der Waals surface area (Å²) in [6.45, 7) is 4.03. The van der Waals surface area contributed by atoms with Gasteiger partial charge in [0.2, 0.25) is 5.91 Å². The van der Waals surface area contributed by atoms with E-state index in [0.717, 1.165) is 12.1 Å². The van der Waals surface area contributed by atoms with Gasteiger partial charge >= 0.3 is 0 Å². The van der Waals surface area contributed by atoms with Crippen molar-refractivity contribution in [3.05, 3.63) is 35.0 Å². The first-order valence-corrected chi connectivity index (χ1v) is 9.42. The van der Waals surface area contributed by atoms with Crippen molar-refractivity contribution in [1.82, 2.24) is 4.98 Å². The molecule has 0 atom stereocenters. The second-order valence-corrected chi connectivity index (χ2v) is 7.22. The van der Waals surface area contributed by atoms with Crippen LogP contribution >= 0.6 is 11.3 Å². The summed E-state index contributed by atoms with van der Waals surface area (Å²) in [6.07, 6.45) is 6.68. The molecular formula is C19H24N2OS. The van der Waals surface area contributed by atoms with Crippen LogP contribution in [0.15, 0.2) is 24.3 Å². The van der Waals surface area contributed by atoms with E-state index in [1.807, 2.05) is 30.4 Å². The van der Waals surface area contributed by atoms with Gasteiger partial charge in [-0.1, -0.05) is 38.8 Å². The molecule has 1 heterocycles. The van der Waals surface area contributed by atoms with Crippen molar-refractivity contribution in [1.29, 1.82) is 0 Å². The Morgan fingerprint density at radius 1 is 1.22 bits per heavy atom. The molecule has 0 unspecified atom stereocenters. The fourth-order valence-corrected chi connectivity index (χ4v) is 4.26. The first-order valence-electron chi connectivity index (χ1n) is 8.61. The van der Waals surface area contributed by atoms with Gasteiger partial charge in [-0.2, -0.15) is 0 Å². The van der Waals surface area contributed by atoms with Gasteiger partial charge < -0.3 is 5.32 Å². The highest BCUT2D eigenvalue weighted by Gasteiger charge is 2.24. The van der Waals surface area contributed by atoms with E-state index in [2.05, 4.69) is 24.4 Å². The van der Waals surface area contributed by atoms with Crippen LogP contribution in [0.1, 0.15) is 62.6 Å². The number of carbonyl (C=O) groups is 1. The van der Waals surface area contributed by atoms with Crippen LogP contribution in [0, 0.1) is 0 Å². The van der Waals surface area contributed by atoms with Crippen molar-refractivity contribution < 1.29 is 4.79 Å². The van der Waals surface area contributed by atoms with Crippen molar-refractivity contribution in [2.24, 2.45) is 0 Å². The molecule has 4 heteroatoms. The number of aromatic nitrogens is 1. The van der Waals surface area contributed by atoms with Crippen LogP contribution in [-0.2, 0) is 11.2 Å². The van der Waals surface area contributed by atoms with E-state index in [9.17, 15) is 4.79 Å². The lowest BCUT2D eigenvalue weighted by atomic mass is 10.00. The maximum Gasteiger partial charge on any atom is 0.224 e. The predicted octanol–water partition coefficient (Wildman–Crippen LogP) is 5.38. The van der Waals surface area contributed by atoms with Crippen molar-refractivity contribution in [3.63, 3.8) is 0 Å². The number of rotatable bonds is 5. The van der Waals surface area contributed by atoms with Gasteiger partial charge in [0.1, 0.15) is 0 Å². The van der Waals surface area contributed by atoms with Crippen LogP contribution in [-0.4, -0.2) is 10.9 Å². The van der Waals surface area contributed by atoms with E-state index in [1.165, 1.54) is 46.8 Å². The number of hydrogen-bond donors (Lipinski definition) is 1. The average Bonchev–Trinajstić information content (AvgIpc) is 3.24. The lowest BCUT2D eigenvalue weighted by Gasteiger charge is -2.10. The number of carbonyl (C=O) groups excluding carboxylic acids is 1. The standard InChI is InChI=1S/C19H24N2OS/c1-3-16(22)20-15-11-9-14(10-12-15)19-18(13-7-5-6-8-13)21-17(4-2)23-19/h9-13H,3-8H2,1-2H3,(H,20,22). The Labute approximate surface area is 142 Å². The van der Waals surface area contributed by atoms with Crippen molar-refractivity contribution in [3.8, 4) is 10.4 Å². The summed E-state index contributed by atoms with van der Waals surface area (Å²) < 4.78 is 0. The quantitative estimate of drug-likeness (QED) is 0.800. The highest BCUT2D eigenvalue weighted by molar-refractivity contribution is 7.15.